The molecule has 0 spiro atoms. The number of nitriles is 1. The molecule has 1 heterocycles. The predicted octanol–water partition coefficient (Wildman–Crippen LogP) is 7.16. The molecule has 1 aliphatic carbocycles. The fourth-order valence-electron chi connectivity index (χ4n) is 4.80. The molecule has 2 aromatic carbocycles. The van der Waals surface area contributed by atoms with Gasteiger partial charge in [-0.05, 0) is 42.5 Å². The maximum absolute atomic E-state index is 15.6. The molecule has 1 fully saturated rings. The second-order valence-corrected chi connectivity index (χ2v) is 13.0. The van der Waals surface area contributed by atoms with Crippen LogP contribution < -0.4 is 4.72 Å². The van der Waals surface area contributed by atoms with E-state index in [1.165, 1.54) is 10.8 Å². The molecule has 210 valence electrons. The molecule has 0 radical (unpaired) electrons. The van der Waals surface area contributed by atoms with Gasteiger partial charge >= 0.3 is 6.18 Å². The molecule has 0 aliphatic heterocycles. The molecule has 0 saturated heterocycles. The fourth-order valence-corrected chi connectivity index (χ4v) is 6.53. The van der Waals surface area contributed by atoms with Crippen LogP contribution in [-0.2, 0) is 22.7 Å². The second kappa shape index (κ2) is 10.2. The third-order valence-electron chi connectivity index (χ3n) is 6.77. The summed E-state index contributed by atoms with van der Waals surface area (Å²) >= 11 is 0. The molecule has 12 heteroatoms. The number of alkyl halides is 5. The average molecular weight is 572 g/mol. The largest absolute Gasteiger partial charge is 0.417 e. The maximum Gasteiger partial charge on any atom is 0.417 e. The van der Waals surface area contributed by atoms with Crippen LogP contribution in [0.2, 0.25) is 0 Å². The standard InChI is InChI=1S/C27H27F6N3O2S/c1-26(2,3)14-36-13-19(24(25(29)30)35-39(37,38)16-7-5-8-16)17-10-21(28)18(11-22(17)36)23-15(12-34)6-4-9-20(23)27(31,32)33/h4,6,9-11,13,16,24-25,35H,5,7-8,14H2,1-3H3/t24-/m0/s1. The molecule has 0 unspecified atom stereocenters. The molecule has 0 bridgehead atoms. The van der Waals surface area contributed by atoms with E-state index in [1.807, 2.05) is 20.8 Å². The van der Waals surface area contributed by atoms with Gasteiger partial charge in [0.2, 0.25) is 10.0 Å². The Morgan fingerprint density at radius 1 is 1.15 bits per heavy atom. The minimum absolute atomic E-state index is 0.0647. The van der Waals surface area contributed by atoms with Crippen molar-refractivity contribution in [2.24, 2.45) is 5.41 Å². The Morgan fingerprint density at radius 2 is 1.82 bits per heavy atom. The number of fused-ring (bicyclic) bond motifs is 1. The highest BCUT2D eigenvalue weighted by Crippen LogP contribution is 2.42. The number of hydrogen-bond acceptors (Lipinski definition) is 3. The van der Waals surface area contributed by atoms with Crippen LogP contribution in [0.1, 0.15) is 62.8 Å². The van der Waals surface area contributed by atoms with Crippen molar-refractivity contribution >= 4 is 20.9 Å². The van der Waals surface area contributed by atoms with E-state index in [4.69, 9.17) is 0 Å². The molecular weight excluding hydrogens is 544 g/mol. The third kappa shape index (κ3) is 5.79. The van der Waals surface area contributed by atoms with E-state index in [0.717, 1.165) is 30.3 Å². The number of nitrogens with one attached hydrogen (secondary N) is 1. The smallest absolute Gasteiger partial charge is 0.347 e. The molecular formula is C27H27F6N3O2S. The number of hydrogen-bond donors (Lipinski definition) is 1. The van der Waals surface area contributed by atoms with Crippen molar-refractivity contribution in [1.82, 2.24) is 9.29 Å². The Balaban J connectivity index is 1.98. The first-order valence-corrected chi connectivity index (χ1v) is 13.8. The van der Waals surface area contributed by atoms with Crippen LogP contribution in [0.4, 0.5) is 26.3 Å². The highest BCUT2D eigenvalue weighted by atomic mass is 32.2. The van der Waals surface area contributed by atoms with E-state index < -0.39 is 67.4 Å². The summed E-state index contributed by atoms with van der Waals surface area (Å²) in [4.78, 5) is 0. The van der Waals surface area contributed by atoms with Crippen LogP contribution in [0.15, 0.2) is 36.5 Å². The molecule has 5 nitrogen and oxygen atoms in total. The number of rotatable bonds is 7. The number of nitrogens with zero attached hydrogens (tertiary/aromatic N) is 2. The zero-order valence-electron chi connectivity index (χ0n) is 21.4. The molecule has 1 saturated carbocycles. The molecule has 1 aromatic heterocycles. The Hall–Kier alpha value is -3.04. The van der Waals surface area contributed by atoms with E-state index in [1.54, 1.807) is 6.07 Å². The van der Waals surface area contributed by atoms with Crippen LogP contribution in [-0.4, -0.2) is 24.7 Å². The minimum Gasteiger partial charge on any atom is -0.347 e. The SMILES string of the molecule is CC(C)(C)Cn1cc([C@H](NS(=O)(=O)C2CCC2)C(F)F)c2cc(F)c(-c3c(C#N)cccc3C(F)(F)F)cc21. The van der Waals surface area contributed by atoms with Crippen molar-refractivity contribution in [3.63, 3.8) is 0 Å². The molecule has 1 N–H and O–H groups in total. The van der Waals surface area contributed by atoms with Crippen LogP contribution in [0.25, 0.3) is 22.0 Å². The van der Waals surface area contributed by atoms with E-state index in [-0.39, 0.29) is 23.0 Å². The van der Waals surface area contributed by atoms with Crippen LogP contribution >= 0.6 is 0 Å². The number of sulfonamides is 1. The summed E-state index contributed by atoms with van der Waals surface area (Å²) in [5.74, 6) is -1.17. The summed E-state index contributed by atoms with van der Waals surface area (Å²) in [6.45, 7) is 5.74. The number of benzene rings is 2. The van der Waals surface area contributed by atoms with Crippen molar-refractivity contribution in [1.29, 1.82) is 5.26 Å². The third-order valence-corrected chi connectivity index (χ3v) is 8.71. The lowest BCUT2D eigenvalue weighted by Gasteiger charge is -2.28. The van der Waals surface area contributed by atoms with E-state index in [9.17, 15) is 35.6 Å². The lowest BCUT2D eigenvalue weighted by atomic mass is 9.92. The highest BCUT2D eigenvalue weighted by molar-refractivity contribution is 7.90. The second-order valence-electron chi connectivity index (χ2n) is 11.0. The first-order valence-electron chi connectivity index (χ1n) is 12.3. The summed E-state index contributed by atoms with van der Waals surface area (Å²) in [5, 5.41) is 8.64. The zero-order valence-corrected chi connectivity index (χ0v) is 22.2. The number of aromatic nitrogens is 1. The lowest BCUT2D eigenvalue weighted by Crippen LogP contribution is -2.42. The summed E-state index contributed by atoms with van der Waals surface area (Å²) < 4.78 is 115. The van der Waals surface area contributed by atoms with Crippen molar-refractivity contribution in [3.8, 4) is 17.2 Å². The summed E-state index contributed by atoms with van der Waals surface area (Å²) in [5.41, 5.74) is -3.30. The first kappa shape index (κ1) is 29.0. The Labute approximate surface area is 222 Å². The van der Waals surface area contributed by atoms with Gasteiger partial charge in [-0.1, -0.05) is 33.3 Å². The van der Waals surface area contributed by atoms with Gasteiger partial charge in [-0.2, -0.15) is 18.4 Å². The van der Waals surface area contributed by atoms with E-state index in [2.05, 4.69) is 4.72 Å². The number of halogens is 6. The normalized spacial score (nSPS) is 15.9. The van der Waals surface area contributed by atoms with Crippen molar-refractivity contribution < 1.29 is 34.8 Å². The molecule has 1 atom stereocenters. The van der Waals surface area contributed by atoms with Gasteiger partial charge in [0, 0.05) is 40.3 Å². The Morgan fingerprint density at radius 3 is 2.33 bits per heavy atom. The quantitative estimate of drug-likeness (QED) is 0.306. The highest BCUT2D eigenvalue weighted by Gasteiger charge is 2.38. The topological polar surface area (TPSA) is 74.9 Å². The van der Waals surface area contributed by atoms with Gasteiger partial charge in [-0.15, -0.1) is 0 Å². The monoisotopic (exact) mass is 571 g/mol. The van der Waals surface area contributed by atoms with Crippen LogP contribution in [0.3, 0.4) is 0 Å². The van der Waals surface area contributed by atoms with Crippen molar-refractivity contribution in [3.05, 3.63) is 59.0 Å². The fraction of sp³-hybridized carbons (Fsp3) is 0.444. The Bertz CT molecular complexity index is 1540. The van der Waals surface area contributed by atoms with Gasteiger partial charge in [0.05, 0.1) is 22.4 Å². The van der Waals surface area contributed by atoms with Gasteiger partial charge in [0.15, 0.2) is 0 Å². The van der Waals surface area contributed by atoms with Crippen molar-refractivity contribution in [2.45, 2.75) is 70.5 Å². The van der Waals surface area contributed by atoms with Gasteiger partial charge in [0.1, 0.15) is 11.9 Å². The first-order chi connectivity index (χ1) is 18.0. The molecule has 3 aromatic rings. The molecule has 4 rings (SSSR count). The summed E-state index contributed by atoms with van der Waals surface area (Å²) in [7, 11) is -4.10. The predicted molar refractivity (Wildman–Crippen MR) is 135 cm³/mol. The summed E-state index contributed by atoms with van der Waals surface area (Å²) in [6, 6.07) is 4.53. The zero-order chi connectivity index (χ0) is 28.9. The lowest BCUT2D eigenvalue weighted by molar-refractivity contribution is -0.137. The molecule has 1 aliphatic rings. The van der Waals surface area contributed by atoms with Gasteiger partial charge in [-0.3, -0.25) is 0 Å². The van der Waals surface area contributed by atoms with Crippen LogP contribution in [0, 0.1) is 22.6 Å². The summed E-state index contributed by atoms with van der Waals surface area (Å²) in [6.07, 6.45) is -5.45. The maximum atomic E-state index is 15.6. The average Bonchev–Trinajstić information content (AvgIpc) is 3.09. The minimum atomic E-state index is -4.90. The van der Waals surface area contributed by atoms with E-state index in [0.29, 0.717) is 19.3 Å². The van der Waals surface area contributed by atoms with Crippen LogP contribution in [0.5, 0.6) is 0 Å². The van der Waals surface area contributed by atoms with Gasteiger partial charge in [-0.25, -0.2) is 26.3 Å². The van der Waals surface area contributed by atoms with Gasteiger partial charge in [0.25, 0.3) is 6.43 Å². The Kier molecular flexibility index (Phi) is 7.55. The van der Waals surface area contributed by atoms with E-state index >= 15 is 4.39 Å². The molecule has 0 amide bonds. The van der Waals surface area contributed by atoms with Crippen molar-refractivity contribution in [2.75, 3.05) is 0 Å². The molecule has 39 heavy (non-hydrogen) atoms. The van der Waals surface area contributed by atoms with Gasteiger partial charge < -0.3 is 4.57 Å².